The minimum Gasteiger partial charge on any atom is -0.467 e. The first-order chi connectivity index (χ1) is 9.12. The summed E-state index contributed by atoms with van der Waals surface area (Å²) in [4.78, 5) is 11.7. The molecule has 0 bridgehead atoms. The molecule has 96 valence electrons. The van der Waals surface area contributed by atoms with Gasteiger partial charge in [-0.15, -0.1) is 0 Å². The van der Waals surface area contributed by atoms with Gasteiger partial charge in [-0.25, -0.2) is 0 Å². The maximum absolute atomic E-state index is 8.84. The van der Waals surface area contributed by atoms with Crippen LogP contribution in [0.25, 0.3) is 0 Å². The molecule has 0 radical (unpaired) electrons. The van der Waals surface area contributed by atoms with E-state index in [2.05, 4.69) is 42.3 Å². The number of nitrogens with zero attached hydrogens (tertiary/aromatic N) is 4. The van der Waals surface area contributed by atoms with Crippen molar-refractivity contribution in [3.05, 3.63) is 33.5 Å². The fourth-order valence-corrected chi connectivity index (χ4v) is 1.91. The van der Waals surface area contributed by atoms with E-state index in [4.69, 9.17) is 21.6 Å². The number of anilines is 2. The lowest BCUT2D eigenvalue weighted by Crippen LogP contribution is -2.01. The average Bonchev–Trinajstić information content (AvgIpc) is 2.38. The summed E-state index contributed by atoms with van der Waals surface area (Å²) in [7, 11) is 1.44. The first kappa shape index (κ1) is 13.5. The van der Waals surface area contributed by atoms with Crippen LogP contribution in [-0.4, -0.2) is 22.1 Å². The minimum absolute atomic E-state index is 0.0297. The molecular formula is C11H7BrClN5O. The summed E-state index contributed by atoms with van der Waals surface area (Å²) in [5.41, 5.74) is 1.24. The third-order valence-electron chi connectivity index (χ3n) is 2.12. The molecule has 0 fully saturated rings. The standard InChI is InChI=1S/C11H7BrClN5O/c1-19-11-17-9(13)16-10(18-11)15-7-3-2-6(5-14)8(12)4-7/h2-4H,1H3,(H,15,16,17,18). The monoisotopic (exact) mass is 339 g/mol. The summed E-state index contributed by atoms with van der Waals surface area (Å²) in [6.07, 6.45) is 0. The molecule has 1 heterocycles. The third-order valence-corrected chi connectivity index (χ3v) is 2.94. The minimum atomic E-state index is 0.0297. The smallest absolute Gasteiger partial charge is 0.322 e. The number of nitrogens with one attached hydrogen (secondary N) is 1. The average molecular weight is 341 g/mol. The van der Waals surface area contributed by atoms with E-state index in [9.17, 15) is 0 Å². The van der Waals surface area contributed by atoms with Gasteiger partial charge in [-0.05, 0) is 45.7 Å². The van der Waals surface area contributed by atoms with Crippen LogP contribution in [0.2, 0.25) is 5.28 Å². The maximum Gasteiger partial charge on any atom is 0.322 e. The van der Waals surface area contributed by atoms with Crippen molar-refractivity contribution in [3.63, 3.8) is 0 Å². The lowest BCUT2D eigenvalue weighted by Gasteiger charge is -2.06. The van der Waals surface area contributed by atoms with Crippen molar-refractivity contribution in [2.45, 2.75) is 0 Å². The Morgan fingerprint density at radius 1 is 1.37 bits per heavy atom. The molecule has 0 aliphatic carbocycles. The predicted molar refractivity (Wildman–Crippen MR) is 73.5 cm³/mol. The Morgan fingerprint density at radius 3 is 2.79 bits per heavy atom. The van der Waals surface area contributed by atoms with E-state index in [-0.39, 0.29) is 17.2 Å². The highest BCUT2D eigenvalue weighted by molar-refractivity contribution is 9.10. The second-order valence-electron chi connectivity index (χ2n) is 3.35. The number of methoxy groups -OCH3 is 1. The van der Waals surface area contributed by atoms with Crippen LogP contribution in [0.4, 0.5) is 11.6 Å². The molecule has 0 aliphatic heterocycles. The number of halogens is 2. The van der Waals surface area contributed by atoms with Crippen molar-refractivity contribution in [2.24, 2.45) is 0 Å². The van der Waals surface area contributed by atoms with Gasteiger partial charge in [0.15, 0.2) is 0 Å². The van der Waals surface area contributed by atoms with E-state index >= 15 is 0 Å². The highest BCUT2D eigenvalue weighted by Gasteiger charge is 2.06. The van der Waals surface area contributed by atoms with Gasteiger partial charge in [0.2, 0.25) is 11.2 Å². The first-order valence-corrected chi connectivity index (χ1v) is 6.21. The Labute approximate surface area is 122 Å². The van der Waals surface area contributed by atoms with Crippen LogP contribution < -0.4 is 10.1 Å². The molecule has 0 saturated carbocycles. The first-order valence-electron chi connectivity index (χ1n) is 5.04. The summed E-state index contributed by atoms with van der Waals surface area (Å²) in [5.74, 6) is 0.258. The summed E-state index contributed by atoms with van der Waals surface area (Å²) in [6.45, 7) is 0. The van der Waals surface area contributed by atoms with Gasteiger partial charge in [-0.1, -0.05) is 0 Å². The lowest BCUT2D eigenvalue weighted by molar-refractivity contribution is 0.379. The van der Waals surface area contributed by atoms with Gasteiger partial charge in [0.25, 0.3) is 0 Å². The Bertz CT molecular complexity index is 658. The van der Waals surface area contributed by atoms with Crippen LogP contribution in [0, 0.1) is 11.3 Å². The largest absolute Gasteiger partial charge is 0.467 e. The zero-order valence-electron chi connectivity index (χ0n) is 9.69. The molecule has 8 heteroatoms. The number of ether oxygens (including phenoxy) is 1. The summed E-state index contributed by atoms with van der Waals surface area (Å²) in [6, 6.07) is 7.32. The Hall–Kier alpha value is -1.91. The summed E-state index contributed by atoms with van der Waals surface area (Å²) in [5, 5.41) is 11.8. The summed E-state index contributed by atoms with van der Waals surface area (Å²) >= 11 is 9.04. The van der Waals surface area contributed by atoms with Gasteiger partial charge in [-0.3, -0.25) is 0 Å². The SMILES string of the molecule is COc1nc(Cl)nc(Nc2ccc(C#N)c(Br)c2)n1. The molecule has 1 aromatic heterocycles. The molecule has 1 aromatic carbocycles. The van der Waals surface area contributed by atoms with E-state index in [1.165, 1.54) is 7.11 Å². The molecule has 0 saturated heterocycles. The van der Waals surface area contributed by atoms with Gasteiger partial charge in [0.1, 0.15) is 6.07 Å². The fourth-order valence-electron chi connectivity index (χ4n) is 1.29. The molecule has 0 amide bonds. The quantitative estimate of drug-likeness (QED) is 0.925. The molecular weight excluding hydrogens is 334 g/mol. The highest BCUT2D eigenvalue weighted by atomic mass is 79.9. The molecule has 0 unspecified atom stereocenters. The molecule has 19 heavy (non-hydrogen) atoms. The normalized spacial score (nSPS) is 9.79. The number of rotatable bonds is 3. The molecule has 2 rings (SSSR count). The van der Waals surface area contributed by atoms with Crippen LogP contribution in [0.1, 0.15) is 5.56 Å². The molecule has 6 nitrogen and oxygen atoms in total. The predicted octanol–water partition coefficient (Wildman–Crippen LogP) is 2.91. The van der Waals surface area contributed by atoms with E-state index in [0.717, 1.165) is 0 Å². The van der Waals surface area contributed by atoms with Crippen LogP contribution in [0.3, 0.4) is 0 Å². The van der Waals surface area contributed by atoms with Gasteiger partial charge in [-0.2, -0.15) is 20.2 Å². The fraction of sp³-hybridized carbons (Fsp3) is 0.0909. The number of hydrogen-bond acceptors (Lipinski definition) is 6. The van der Waals surface area contributed by atoms with E-state index < -0.39 is 0 Å². The van der Waals surface area contributed by atoms with Gasteiger partial charge >= 0.3 is 6.01 Å². The van der Waals surface area contributed by atoms with Gasteiger partial charge in [0.05, 0.1) is 12.7 Å². The number of hydrogen-bond donors (Lipinski definition) is 1. The van der Waals surface area contributed by atoms with Crippen LogP contribution in [-0.2, 0) is 0 Å². The Balaban J connectivity index is 2.28. The van der Waals surface area contributed by atoms with Crippen molar-refractivity contribution < 1.29 is 4.74 Å². The molecule has 0 spiro atoms. The third kappa shape index (κ3) is 3.30. The molecule has 1 N–H and O–H groups in total. The van der Waals surface area contributed by atoms with Crippen LogP contribution >= 0.6 is 27.5 Å². The van der Waals surface area contributed by atoms with Crippen molar-refractivity contribution in [1.82, 2.24) is 15.0 Å². The topological polar surface area (TPSA) is 83.7 Å². The number of nitriles is 1. The zero-order chi connectivity index (χ0) is 13.8. The molecule has 0 aliphatic rings. The van der Waals surface area contributed by atoms with Crippen molar-refractivity contribution in [1.29, 1.82) is 5.26 Å². The molecule has 2 aromatic rings. The van der Waals surface area contributed by atoms with Crippen molar-refractivity contribution >= 4 is 39.2 Å². The second-order valence-corrected chi connectivity index (χ2v) is 4.54. The van der Waals surface area contributed by atoms with E-state index in [1.807, 2.05) is 0 Å². The van der Waals surface area contributed by atoms with Crippen molar-refractivity contribution in [2.75, 3.05) is 12.4 Å². The van der Waals surface area contributed by atoms with Crippen LogP contribution in [0.15, 0.2) is 22.7 Å². The maximum atomic E-state index is 8.84. The van der Waals surface area contributed by atoms with Crippen LogP contribution in [0.5, 0.6) is 6.01 Å². The number of aromatic nitrogens is 3. The zero-order valence-corrected chi connectivity index (χ0v) is 12.0. The molecule has 0 atom stereocenters. The van der Waals surface area contributed by atoms with Gasteiger partial charge in [0, 0.05) is 10.2 Å². The van der Waals surface area contributed by atoms with Crippen molar-refractivity contribution in [3.8, 4) is 12.1 Å². The Kier molecular flexibility index (Phi) is 4.14. The lowest BCUT2D eigenvalue weighted by atomic mass is 10.2. The summed E-state index contributed by atoms with van der Waals surface area (Å²) < 4.78 is 5.57. The number of benzene rings is 1. The van der Waals surface area contributed by atoms with E-state index in [0.29, 0.717) is 15.7 Å². The Morgan fingerprint density at radius 2 is 2.16 bits per heavy atom. The highest BCUT2D eigenvalue weighted by Crippen LogP contribution is 2.23. The van der Waals surface area contributed by atoms with Gasteiger partial charge < -0.3 is 10.1 Å². The van der Waals surface area contributed by atoms with E-state index in [1.54, 1.807) is 18.2 Å². The second kappa shape index (κ2) is 5.82.